The molecule has 0 aromatic heterocycles. The molecule has 0 aliphatic heterocycles. The van der Waals surface area contributed by atoms with Crippen LogP contribution in [-0.4, -0.2) is 17.4 Å². The average Bonchev–Trinajstić information content (AvgIpc) is 2.58. The molecule has 0 N–H and O–H groups in total. The number of hydrogen-bond acceptors (Lipinski definition) is 3. The third-order valence-electron chi connectivity index (χ3n) is 2.02. The number of carbonyl (C=O) groups excluding carboxylic acids is 2. The first-order valence-electron chi connectivity index (χ1n) is 4.54. The van der Waals surface area contributed by atoms with Crippen molar-refractivity contribution in [2.45, 2.75) is 39.7 Å². The van der Waals surface area contributed by atoms with Crippen LogP contribution in [0.5, 0.6) is 0 Å². The largest absolute Gasteiger partial charge is 0.460 e. The first-order valence-corrected chi connectivity index (χ1v) is 4.54. The number of ketones is 1. The summed E-state index contributed by atoms with van der Waals surface area (Å²) in [6.07, 6.45) is 0.671. The van der Waals surface area contributed by atoms with Crippen LogP contribution in [0.2, 0.25) is 0 Å². The van der Waals surface area contributed by atoms with Crippen molar-refractivity contribution in [3.8, 4) is 0 Å². The molecule has 0 bridgehead atoms. The van der Waals surface area contributed by atoms with Gasteiger partial charge in [-0.05, 0) is 34.1 Å². The Labute approximate surface area is 78.5 Å². The van der Waals surface area contributed by atoms with E-state index in [9.17, 15) is 9.59 Å². The second-order valence-corrected chi connectivity index (χ2v) is 4.59. The maximum atomic E-state index is 11.4. The first kappa shape index (κ1) is 10.2. The van der Waals surface area contributed by atoms with Crippen molar-refractivity contribution in [3.63, 3.8) is 0 Å². The summed E-state index contributed by atoms with van der Waals surface area (Å²) < 4.78 is 5.15. The van der Waals surface area contributed by atoms with Crippen LogP contribution in [0.3, 0.4) is 0 Å². The van der Waals surface area contributed by atoms with Gasteiger partial charge in [-0.15, -0.1) is 0 Å². The van der Waals surface area contributed by atoms with Crippen LogP contribution in [-0.2, 0) is 14.3 Å². The lowest BCUT2D eigenvalue weighted by molar-refractivity contribution is -0.157. The van der Waals surface area contributed by atoms with Crippen LogP contribution in [0.15, 0.2) is 0 Å². The van der Waals surface area contributed by atoms with Gasteiger partial charge in [0.05, 0.1) is 5.92 Å². The molecular formula is C10H16O3. The van der Waals surface area contributed by atoms with Gasteiger partial charge < -0.3 is 4.74 Å². The number of hydrogen-bond donors (Lipinski definition) is 0. The Morgan fingerprint density at radius 2 is 1.77 bits per heavy atom. The van der Waals surface area contributed by atoms with E-state index in [2.05, 4.69) is 0 Å². The molecule has 0 aromatic carbocycles. The van der Waals surface area contributed by atoms with Crippen LogP contribution in [0.4, 0.5) is 0 Å². The number of esters is 1. The van der Waals surface area contributed by atoms with Crippen molar-refractivity contribution in [1.29, 1.82) is 0 Å². The molecule has 13 heavy (non-hydrogen) atoms. The molecule has 3 heteroatoms. The third kappa shape index (κ3) is 2.83. The van der Waals surface area contributed by atoms with Crippen molar-refractivity contribution in [2.24, 2.45) is 11.8 Å². The second-order valence-electron chi connectivity index (χ2n) is 4.59. The molecule has 3 nitrogen and oxygen atoms in total. The molecule has 0 saturated heterocycles. The summed E-state index contributed by atoms with van der Waals surface area (Å²) >= 11 is 0. The number of carbonyl (C=O) groups is 2. The molecule has 2 atom stereocenters. The van der Waals surface area contributed by atoms with Gasteiger partial charge >= 0.3 is 5.97 Å². The fourth-order valence-electron chi connectivity index (χ4n) is 1.28. The lowest BCUT2D eigenvalue weighted by Gasteiger charge is -2.19. The summed E-state index contributed by atoms with van der Waals surface area (Å²) in [6, 6.07) is 0. The smallest absolute Gasteiger partial charge is 0.310 e. The Balaban J connectivity index is 2.40. The third-order valence-corrected chi connectivity index (χ3v) is 2.02. The maximum Gasteiger partial charge on any atom is 0.310 e. The molecule has 0 aromatic rings. The average molecular weight is 184 g/mol. The predicted molar refractivity (Wildman–Crippen MR) is 48.1 cm³/mol. The van der Waals surface area contributed by atoms with Crippen molar-refractivity contribution in [2.75, 3.05) is 0 Å². The first-order chi connectivity index (χ1) is 5.81. The van der Waals surface area contributed by atoms with Crippen molar-refractivity contribution >= 4 is 11.8 Å². The van der Waals surface area contributed by atoms with Gasteiger partial charge in [0, 0.05) is 5.92 Å². The van der Waals surface area contributed by atoms with Gasteiger partial charge in [0.25, 0.3) is 0 Å². The summed E-state index contributed by atoms with van der Waals surface area (Å²) in [5, 5.41) is 0. The Morgan fingerprint density at radius 3 is 2.08 bits per heavy atom. The Kier molecular flexibility index (Phi) is 2.46. The lowest BCUT2D eigenvalue weighted by Crippen LogP contribution is -2.25. The molecule has 1 fully saturated rings. The van der Waals surface area contributed by atoms with Gasteiger partial charge in [-0.2, -0.15) is 0 Å². The summed E-state index contributed by atoms with van der Waals surface area (Å²) in [5.41, 5.74) is -0.443. The highest BCUT2D eigenvalue weighted by atomic mass is 16.6. The highest BCUT2D eigenvalue weighted by Gasteiger charge is 2.48. The highest BCUT2D eigenvalue weighted by Crippen LogP contribution is 2.40. The summed E-state index contributed by atoms with van der Waals surface area (Å²) in [4.78, 5) is 22.2. The van der Waals surface area contributed by atoms with E-state index in [4.69, 9.17) is 4.74 Å². The van der Waals surface area contributed by atoms with Crippen LogP contribution < -0.4 is 0 Å². The van der Waals surface area contributed by atoms with Crippen molar-refractivity contribution in [1.82, 2.24) is 0 Å². The Hall–Kier alpha value is -0.860. The van der Waals surface area contributed by atoms with Gasteiger partial charge in [0.2, 0.25) is 0 Å². The molecule has 0 unspecified atom stereocenters. The molecule has 1 rings (SSSR count). The van der Waals surface area contributed by atoms with Gasteiger partial charge in [0.1, 0.15) is 11.4 Å². The van der Waals surface area contributed by atoms with E-state index in [1.54, 1.807) is 0 Å². The standard InChI is InChI=1S/C10H16O3/c1-6(11)7-5-8(7)9(12)13-10(2,3)4/h7-8H,5H2,1-4H3/t7-,8+/m0/s1. The van der Waals surface area contributed by atoms with Crippen molar-refractivity contribution < 1.29 is 14.3 Å². The summed E-state index contributed by atoms with van der Waals surface area (Å²) in [6.45, 7) is 7.01. The molecule has 1 saturated carbocycles. The predicted octanol–water partition coefficient (Wildman–Crippen LogP) is 1.55. The van der Waals surface area contributed by atoms with Crippen LogP contribution >= 0.6 is 0 Å². The van der Waals surface area contributed by atoms with Crippen LogP contribution in [0.1, 0.15) is 34.1 Å². The van der Waals surface area contributed by atoms with Crippen LogP contribution in [0, 0.1) is 11.8 Å². The fraction of sp³-hybridized carbons (Fsp3) is 0.800. The Morgan fingerprint density at radius 1 is 1.23 bits per heavy atom. The monoisotopic (exact) mass is 184 g/mol. The molecular weight excluding hydrogens is 168 g/mol. The van der Waals surface area contributed by atoms with E-state index >= 15 is 0 Å². The zero-order valence-electron chi connectivity index (χ0n) is 8.59. The summed E-state index contributed by atoms with van der Waals surface area (Å²) in [5.74, 6) is -0.380. The minimum absolute atomic E-state index is 0.0742. The number of Topliss-reactive ketones (excluding diaryl/α,β-unsaturated/α-hetero) is 1. The van der Waals surface area contributed by atoms with E-state index in [-0.39, 0.29) is 23.6 Å². The zero-order valence-corrected chi connectivity index (χ0v) is 8.59. The molecule has 0 heterocycles. The SMILES string of the molecule is CC(=O)[C@@H]1C[C@H]1C(=O)OC(C)(C)C. The molecule has 1 aliphatic carbocycles. The quantitative estimate of drug-likeness (QED) is 0.611. The topological polar surface area (TPSA) is 43.4 Å². The van der Waals surface area contributed by atoms with Gasteiger partial charge in [-0.25, -0.2) is 0 Å². The maximum absolute atomic E-state index is 11.4. The van der Waals surface area contributed by atoms with Crippen molar-refractivity contribution in [3.05, 3.63) is 0 Å². The van der Waals surface area contributed by atoms with Gasteiger partial charge in [0.15, 0.2) is 0 Å². The van der Waals surface area contributed by atoms with E-state index in [1.807, 2.05) is 20.8 Å². The lowest BCUT2D eigenvalue weighted by atomic mass is 10.2. The summed E-state index contributed by atoms with van der Waals surface area (Å²) in [7, 11) is 0. The number of rotatable bonds is 2. The zero-order chi connectivity index (χ0) is 10.2. The molecule has 74 valence electrons. The molecule has 0 radical (unpaired) electrons. The van der Waals surface area contributed by atoms with Gasteiger partial charge in [-0.3, -0.25) is 9.59 Å². The highest BCUT2D eigenvalue weighted by molar-refractivity contribution is 5.90. The van der Waals surface area contributed by atoms with E-state index in [1.165, 1.54) is 6.92 Å². The minimum atomic E-state index is -0.443. The normalized spacial score (nSPS) is 26.8. The number of ether oxygens (including phenoxy) is 1. The van der Waals surface area contributed by atoms with Gasteiger partial charge in [-0.1, -0.05) is 0 Å². The van der Waals surface area contributed by atoms with E-state index in [0.29, 0.717) is 6.42 Å². The molecule has 0 spiro atoms. The second kappa shape index (κ2) is 3.13. The molecule has 0 amide bonds. The molecule has 1 aliphatic rings. The van der Waals surface area contributed by atoms with Crippen LogP contribution in [0.25, 0.3) is 0 Å². The van der Waals surface area contributed by atoms with E-state index < -0.39 is 5.60 Å². The minimum Gasteiger partial charge on any atom is -0.460 e. The van der Waals surface area contributed by atoms with E-state index in [0.717, 1.165) is 0 Å². The Bertz CT molecular complexity index is 237. The fourth-order valence-corrected chi connectivity index (χ4v) is 1.28.